The number of esters is 2. The maximum atomic E-state index is 13.3. The minimum absolute atomic E-state index is 0.0310. The summed E-state index contributed by atoms with van der Waals surface area (Å²) in [4.78, 5) is 37.7. The molecule has 0 saturated carbocycles. The highest BCUT2D eigenvalue weighted by molar-refractivity contribution is 9.09. The summed E-state index contributed by atoms with van der Waals surface area (Å²) in [6, 6.07) is 14.2. The largest absolute Gasteiger partial charge is 0.466 e. The summed E-state index contributed by atoms with van der Waals surface area (Å²) in [7, 11) is 0. The summed E-state index contributed by atoms with van der Waals surface area (Å²) < 4.78 is 16.1. The van der Waals surface area contributed by atoms with Gasteiger partial charge in [0.2, 0.25) is 0 Å². The van der Waals surface area contributed by atoms with Crippen molar-refractivity contribution in [1.29, 1.82) is 0 Å². The third-order valence-electron chi connectivity index (χ3n) is 5.16. The van der Waals surface area contributed by atoms with E-state index in [1.54, 1.807) is 56.3 Å². The average molecular weight is 533 g/mol. The summed E-state index contributed by atoms with van der Waals surface area (Å²) in [5.74, 6) is -0.966. The minimum Gasteiger partial charge on any atom is -0.466 e. The molecule has 2 aromatic carbocycles. The highest BCUT2D eigenvalue weighted by atomic mass is 79.9. The molecule has 0 aliphatic carbocycles. The van der Waals surface area contributed by atoms with E-state index in [1.165, 1.54) is 0 Å². The Hall–Kier alpha value is -2.51. The molecule has 0 radical (unpaired) electrons. The average Bonchev–Trinajstić information content (AvgIpc) is 2.83. The number of hydrogen-bond donors (Lipinski definition) is 0. The second-order valence-electron chi connectivity index (χ2n) is 7.73. The Morgan fingerprint density at radius 2 is 1.68 bits per heavy atom. The van der Waals surface area contributed by atoms with Crippen molar-refractivity contribution in [1.82, 2.24) is 0 Å². The molecule has 0 amide bonds. The van der Waals surface area contributed by atoms with Crippen LogP contribution in [0.2, 0.25) is 0 Å². The van der Waals surface area contributed by atoms with Crippen molar-refractivity contribution in [3.05, 3.63) is 70.8 Å². The molecule has 0 fully saturated rings. The van der Waals surface area contributed by atoms with Gasteiger partial charge in [0.1, 0.15) is 0 Å². The first kappa shape index (κ1) is 27.7. The fourth-order valence-electron chi connectivity index (χ4n) is 3.52. The molecule has 0 N–H and O–H groups in total. The van der Waals surface area contributed by atoms with Gasteiger partial charge < -0.3 is 14.2 Å². The van der Waals surface area contributed by atoms with E-state index in [0.717, 1.165) is 30.2 Å². The molecule has 0 saturated heterocycles. The number of unbranched alkanes of at least 4 members (excludes halogenated alkanes) is 2. The summed E-state index contributed by atoms with van der Waals surface area (Å²) >= 11 is 3.41. The number of carbonyl (C=O) groups is 3. The van der Waals surface area contributed by atoms with Gasteiger partial charge in [-0.2, -0.15) is 0 Å². The molecule has 0 bridgehead atoms. The normalized spacial score (nSPS) is 11.6. The zero-order valence-corrected chi connectivity index (χ0v) is 21.5. The molecule has 0 spiro atoms. The fourth-order valence-corrected chi connectivity index (χ4v) is 3.91. The van der Waals surface area contributed by atoms with E-state index in [0.29, 0.717) is 29.7 Å². The Labute approximate surface area is 210 Å². The Morgan fingerprint density at radius 3 is 2.41 bits per heavy atom. The van der Waals surface area contributed by atoms with Gasteiger partial charge >= 0.3 is 11.9 Å². The molecule has 2 rings (SSSR count). The standard InChI is InChI=1S/C27H33BrO6/c1-3-32-25(29)19-21-12-6-7-14-23(21)26(30)22-13-10-11-20(17-22)18-24(27(31)33-4-2)34-16-9-5-8-15-28/h6-7,10-14,17,24H,3-5,8-9,15-16,18-19H2,1-2H3. The van der Waals surface area contributed by atoms with Crippen molar-refractivity contribution >= 4 is 33.7 Å². The zero-order chi connectivity index (χ0) is 24.8. The predicted molar refractivity (Wildman–Crippen MR) is 134 cm³/mol. The lowest BCUT2D eigenvalue weighted by molar-refractivity contribution is -0.156. The van der Waals surface area contributed by atoms with Gasteiger partial charge in [0.15, 0.2) is 11.9 Å². The molecule has 7 heteroatoms. The molecule has 2 aromatic rings. The molecule has 0 heterocycles. The molecule has 0 aliphatic heterocycles. The van der Waals surface area contributed by atoms with Gasteiger partial charge in [0.05, 0.1) is 19.6 Å². The van der Waals surface area contributed by atoms with E-state index >= 15 is 0 Å². The SMILES string of the molecule is CCOC(=O)Cc1ccccc1C(=O)c1cccc(CC(OCCCCCBr)C(=O)OCC)c1. The molecule has 34 heavy (non-hydrogen) atoms. The number of hydrogen-bond acceptors (Lipinski definition) is 6. The molecule has 0 aliphatic rings. The molecule has 1 atom stereocenters. The molecular weight excluding hydrogens is 500 g/mol. The first-order valence-electron chi connectivity index (χ1n) is 11.7. The van der Waals surface area contributed by atoms with Gasteiger partial charge in [-0.3, -0.25) is 9.59 Å². The predicted octanol–water partition coefficient (Wildman–Crippen LogP) is 5.08. The number of ether oxygens (including phenoxy) is 3. The molecular formula is C27H33BrO6. The van der Waals surface area contributed by atoms with Crippen LogP contribution in [0.4, 0.5) is 0 Å². The minimum atomic E-state index is -0.731. The summed E-state index contributed by atoms with van der Waals surface area (Å²) in [5.41, 5.74) is 2.35. The number of benzene rings is 2. The van der Waals surface area contributed by atoms with Gasteiger partial charge in [-0.05, 0) is 43.9 Å². The van der Waals surface area contributed by atoms with E-state index < -0.39 is 12.1 Å². The van der Waals surface area contributed by atoms with E-state index in [-0.39, 0.29) is 31.4 Å². The van der Waals surface area contributed by atoms with Crippen molar-refractivity contribution in [3.8, 4) is 0 Å². The van der Waals surface area contributed by atoms with Crippen LogP contribution in [0, 0.1) is 0 Å². The smallest absolute Gasteiger partial charge is 0.335 e. The maximum absolute atomic E-state index is 13.3. The molecule has 184 valence electrons. The first-order valence-corrected chi connectivity index (χ1v) is 12.8. The van der Waals surface area contributed by atoms with Crippen LogP contribution in [-0.2, 0) is 36.6 Å². The van der Waals surface area contributed by atoms with Crippen LogP contribution in [0.1, 0.15) is 60.2 Å². The van der Waals surface area contributed by atoms with Crippen LogP contribution >= 0.6 is 15.9 Å². The Bertz CT molecular complexity index is 942. The van der Waals surface area contributed by atoms with Gasteiger partial charge in [-0.15, -0.1) is 0 Å². The second kappa shape index (κ2) is 15.4. The molecule has 0 aromatic heterocycles. The third kappa shape index (κ3) is 9.03. The monoisotopic (exact) mass is 532 g/mol. The van der Waals surface area contributed by atoms with Crippen molar-refractivity contribution in [2.45, 2.75) is 52.1 Å². The van der Waals surface area contributed by atoms with Gasteiger partial charge in [-0.25, -0.2) is 4.79 Å². The summed E-state index contributed by atoms with van der Waals surface area (Å²) in [5, 5.41) is 0.943. The third-order valence-corrected chi connectivity index (χ3v) is 5.72. The van der Waals surface area contributed by atoms with Crippen LogP contribution in [0.3, 0.4) is 0 Å². The number of carbonyl (C=O) groups excluding carboxylic acids is 3. The topological polar surface area (TPSA) is 78.9 Å². The van der Waals surface area contributed by atoms with E-state index in [9.17, 15) is 14.4 Å². The highest BCUT2D eigenvalue weighted by Crippen LogP contribution is 2.18. The lowest BCUT2D eigenvalue weighted by Crippen LogP contribution is -2.29. The van der Waals surface area contributed by atoms with Crippen molar-refractivity contribution in [2.24, 2.45) is 0 Å². The maximum Gasteiger partial charge on any atom is 0.335 e. The molecule has 1 unspecified atom stereocenters. The van der Waals surface area contributed by atoms with Crippen molar-refractivity contribution in [3.63, 3.8) is 0 Å². The van der Waals surface area contributed by atoms with Crippen molar-refractivity contribution in [2.75, 3.05) is 25.2 Å². The number of halogens is 1. The van der Waals surface area contributed by atoms with Crippen LogP contribution in [-0.4, -0.2) is 49.0 Å². The van der Waals surface area contributed by atoms with E-state index in [1.807, 2.05) is 6.07 Å². The fraction of sp³-hybridized carbons (Fsp3) is 0.444. The lowest BCUT2D eigenvalue weighted by atomic mass is 9.95. The molecule has 6 nitrogen and oxygen atoms in total. The number of alkyl halides is 1. The van der Waals surface area contributed by atoms with E-state index in [2.05, 4.69) is 15.9 Å². The van der Waals surface area contributed by atoms with Crippen LogP contribution in [0.5, 0.6) is 0 Å². The van der Waals surface area contributed by atoms with Crippen molar-refractivity contribution < 1.29 is 28.6 Å². The lowest BCUT2D eigenvalue weighted by Gasteiger charge is -2.17. The zero-order valence-electron chi connectivity index (χ0n) is 19.9. The second-order valence-corrected chi connectivity index (χ2v) is 8.53. The first-order chi connectivity index (χ1) is 16.5. The van der Waals surface area contributed by atoms with Crippen LogP contribution in [0.25, 0.3) is 0 Å². The highest BCUT2D eigenvalue weighted by Gasteiger charge is 2.22. The quantitative estimate of drug-likeness (QED) is 0.138. The number of ketones is 1. The van der Waals surface area contributed by atoms with Crippen LogP contribution in [0.15, 0.2) is 48.5 Å². The Morgan fingerprint density at radius 1 is 0.912 bits per heavy atom. The van der Waals surface area contributed by atoms with E-state index in [4.69, 9.17) is 14.2 Å². The Kier molecular flexibility index (Phi) is 12.6. The summed E-state index contributed by atoms with van der Waals surface area (Å²) in [6.45, 7) is 4.54. The van der Waals surface area contributed by atoms with Gasteiger partial charge in [0.25, 0.3) is 0 Å². The van der Waals surface area contributed by atoms with Gasteiger partial charge in [0, 0.05) is 29.5 Å². The number of rotatable bonds is 15. The summed E-state index contributed by atoms with van der Waals surface area (Å²) in [6.07, 6.45) is 2.53. The van der Waals surface area contributed by atoms with Gasteiger partial charge in [-0.1, -0.05) is 64.8 Å². The Balaban J connectivity index is 2.16. The van der Waals surface area contributed by atoms with Crippen LogP contribution < -0.4 is 0 Å².